The van der Waals surface area contributed by atoms with Gasteiger partial charge in [0, 0.05) is 10.9 Å². The van der Waals surface area contributed by atoms with E-state index in [4.69, 9.17) is 4.42 Å². The molecule has 0 aliphatic carbocycles. The predicted octanol–water partition coefficient (Wildman–Crippen LogP) is 5.26. The van der Waals surface area contributed by atoms with E-state index in [0.29, 0.717) is 17.0 Å². The number of benzene rings is 3. The van der Waals surface area contributed by atoms with Gasteiger partial charge in [-0.15, -0.1) is 5.10 Å². The number of nitrogens with zero attached hydrogens (tertiary/aromatic N) is 4. The van der Waals surface area contributed by atoms with Crippen LogP contribution in [0.2, 0.25) is 0 Å². The Morgan fingerprint density at radius 1 is 1.00 bits per heavy atom. The first kappa shape index (κ1) is 24.2. The Bertz CT molecular complexity index is 1550. The van der Waals surface area contributed by atoms with Gasteiger partial charge in [-0.25, -0.2) is 4.68 Å². The summed E-state index contributed by atoms with van der Waals surface area (Å²) < 4.78 is 7.30. The molecule has 0 saturated carbocycles. The van der Waals surface area contributed by atoms with Crippen molar-refractivity contribution < 1.29 is 14.0 Å². The number of hydrogen-bond donors (Lipinski definition) is 1. The molecule has 8 heteroatoms. The van der Waals surface area contributed by atoms with Crippen LogP contribution in [0.3, 0.4) is 0 Å². The van der Waals surface area contributed by atoms with Crippen LogP contribution in [-0.2, 0) is 16.1 Å². The van der Waals surface area contributed by atoms with Crippen molar-refractivity contribution in [3.8, 4) is 0 Å². The molecule has 0 fully saturated rings. The van der Waals surface area contributed by atoms with E-state index in [1.807, 2.05) is 87.5 Å². The molecule has 2 amide bonds. The molecule has 0 saturated heterocycles. The zero-order valence-corrected chi connectivity index (χ0v) is 21.1. The molecule has 188 valence electrons. The lowest BCUT2D eigenvalue weighted by Gasteiger charge is -2.34. The van der Waals surface area contributed by atoms with Crippen LogP contribution in [0.5, 0.6) is 0 Å². The van der Waals surface area contributed by atoms with E-state index in [9.17, 15) is 9.59 Å². The van der Waals surface area contributed by atoms with Crippen molar-refractivity contribution in [2.75, 3.05) is 4.90 Å². The molecule has 0 bridgehead atoms. The Morgan fingerprint density at radius 2 is 1.76 bits per heavy atom. The van der Waals surface area contributed by atoms with Crippen LogP contribution in [0, 0.1) is 0 Å². The van der Waals surface area contributed by atoms with Gasteiger partial charge in [0.2, 0.25) is 5.91 Å². The van der Waals surface area contributed by atoms with Gasteiger partial charge in [0.1, 0.15) is 17.8 Å². The van der Waals surface area contributed by atoms with E-state index in [1.54, 1.807) is 16.8 Å². The van der Waals surface area contributed by atoms with E-state index in [1.165, 1.54) is 11.2 Å². The van der Waals surface area contributed by atoms with Gasteiger partial charge in [-0.2, -0.15) is 0 Å². The third kappa shape index (κ3) is 4.82. The standard InChI is InChI=1S/C29H29N5O3/c1-4-29(2,3)30-28(36)27(25-17-10-18-37-25)34(23-16-9-12-20-11-5-6-13-21(20)23)26(35)19-33-24-15-8-7-14-22(24)31-32-33/h5-18,27H,4,19H2,1-3H3,(H,30,36). The quantitative estimate of drug-likeness (QED) is 0.317. The largest absolute Gasteiger partial charge is 0.467 e. The SMILES string of the molecule is CCC(C)(C)NC(=O)C(c1ccco1)N(C(=O)Cn1nnc2ccccc21)c1cccc2ccccc12. The summed E-state index contributed by atoms with van der Waals surface area (Å²) in [6, 6.07) is 23.4. The van der Waals surface area contributed by atoms with Crippen molar-refractivity contribution in [2.45, 2.75) is 45.3 Å². The van der Waals surface area contributed by atoms with Crippen LogP contribution in [0.1, 0.15) is 39.0 Å². The maximum atomic E-state index is 14.2. The van der Waals surface area contributed by atoms with Crippen molar-refractivity contribution in [3.05, 3.63) is 90.9 Å². The molecular weight excluding hydrogens is 466 g/mol. The maximum Gasteiger partial charge on any atom is 0.251 e. The number of anilines is 1. The Balaban J connectivity index is 1.65. The fourth-order valence-electron chi connectivity index (χ4n) is 4.39. The molecule has 3 aromatic carbocycles. The summed E-state index contributed by atoms with van der Waals surface area (Å²) in [4.78, 5) is 29.6. The Hall–Kier alpha value is -4.46. The van der Waals surface area contributed by atoms with Crippen molar-refractivity contribution in [2.24, 2.45) is 0 Å². The van der Waals surface area contributed by atoms with Gasteiger partial charge in [-0.3, -0.25) is 14.5 Å². The van der Waals surface area contributed by atoms with Gasteiger partial charge in [0.25, 0.3) is 5.91 Å². The third-order valence-electron chi connectivity index (χ3n) is 6.66. The van der Waals surface area contributed by atoms with E-state index >= 15 is 0 Å². The fourth-order valence-corrected chi connectivity index (χ4v) is 4.39. The summed E-state index contributed by atoms with van der Waals surface area (Å²) in [7, 11) is 0. The van der Waals surface area contributed by atoms with Gasteiger partial charge in [-0.05, 0) is 56.0 Å². The highest BCUT2D eigenvalue weighted by Crippen LogP contribution is 2.34. The number of hydrogen-bond acceptors (Lipinski definition) is 5. The topological polar surface area (TPSA) is 93.3 Å². The molecule has 5 rings (SSSR count). The number of para-hydroxylation sites is 1. The monoisotopic (exact) mass is 495 g/mol. The van der Waals surface area contributed by atoms with Crippen LogP contribution in [-0.4, -0.2) is 32.3 Å². The molecule has 5 aromatic rings. The predicted molar refractivity (Wildman–Crippen MR) is 143 cm³/mol. The van der Waals surface area contributed by atoms with Gasteiger partial charge in [0.05, 0.1) is 17.5 Å². The molecular formula is C29H29N5O3. The maximum absolute atomic E-state index is 14.2. The first-order chi connectivity index (χ1) is 17.9. The number of rotatable bonds is 8. The lowest BCUT2D eigenvalue weighted by molar-refractivity contribution is -0.128. The zero-order chi connectivity index (χ0) is 26.0. The van der Waals surface area contributed by atoms with Gasteiger partial charge in [-0.1, -0.05) is 60.7 Å². The van der Waals surface area contributed by atoms with E-state index in [2.05, 4.69) is 15.6 Å². The van der Waals surface area contributed by atoms with Gasteiger partial charge < -0.3 is 9.73 Å². The lowest BCUT2D eigenvalue weighted by atomic mass is 10.00. The molecule has 1 N–H and O–H groups in total. The minimum absolute atomic E-state index is 0.106. The second-order valence-corrected chi connectivity index (χ2v) is 9.64. The molecule has 0 aliphatic rings. The Kier molecular flexibility index (Phi) is 6.48. The molecule has 1 unspecified atom stereocenters. The Labute approximate surface area is 214 Å². The highest BCUT2D eigenvalue weighted by Gasteiger charge is 2.37. The molecule has 2 heterocycles. The lowest BCUT2D eigenvalue weighted by Crippen LogP contribution is -2.51. The third-order valence-corrected chi connectivity index (χ3v) is 6.66. The number of carbonyl (C=O) groups is 2. The number of nitrogens with one attached hydrogen (secondary N) is 1. The van der Waals surface area contributed by atoms with E-state index < -0.39 is 11.6 Å². The smallest absolute Gasteiger partial charge is 0.251 e. The first-order valence-electron chi connectivity index (χ1n) is 12.3. The minimum atomic E-state index is -1.03. The van der Waals surface area contributed by atoms with E-state index in [0.717, 1.165) is 22.7 Å². The molecule has 8 nitrogen and oxygen atoms in total. The second-order valence-electron chi connectivity index (χ2n) is 9.64. The van der Waals surface area contributed by atoms with Crippen LogP contribution >= 0.6 is 0 Å². The minimum Gasteiger partial charge on any atom is -0.467 e. The summed E-state index contributed by atoms with van der Waals surface area (Å²) in [5.41, 5.74) is 1.56. The Morgan fingerprint density at radius 3 is 2.54 bits per heavy atom. The molecule has 1 atom stereocenters. The fraction of sp³-hybridized carbons (Fsp3) is 0.241. The van der Waals surface area contributed by atoms with Crippen molar-refractivity contribution in [1.82, 2.24) is 20.3 Å². The van der Waals surface area contributed by atoms with Crippen LogP contribution in [0.4, 0.5) is 5.69 Å². The summed E-state index contributed by atoms with van der Waals surface area (Å²) in [5, 5.41) is 13.3. The molecule has 0 spiro atoms. The van der Waals surface area contributed by atoms with Crippen LogP contribution in [0.25, 0.3) is 21.8 Å². The van der Waals surface area contributed by atoms with E-state index in [-0.39, 0.29) is 18.4 Å². The van der Waals surface area contributed by atoms with Crippen molar-refractivity contribution in [1.29, 1.82) is 0 Å². The van der Waals surface area contributed by atoms with Crippen molar-refractivity contribution in [3.63, 3.8) is 0 Å². The van der Waals surface area contributed by atoms with Gasteiger partial charge >= 0.3 is 0 Å². The van der Waals surface area contributed by atoms with Gasteiger partial charge in [0.15, 0.2) is 6.04 Å². The highest BCUT2D eigenvalue weighted by atomic mass is 16.3. The number of carbonyl (C=O) groups excluding carboxylic acids is 2. The van der Waals surface area contributed by atoms with Crippen molar-refractivity contribution >= 4 is 39.3 Å². The average molecular weight is 496 g/mol. The zero-order valence-electron chi connectivity index (χ0n) is 21.1. The summed E-state index contributed by atoms with van der Waals surface area (Å²) in [5.74, 6) is -0.279. The number of amides is 2. The summed E-state index contributed by atoms with van der Waals surface area (Å²) in [6.07, 6.45) is 2.23. The highest BCUT2D eigenvalue weighted by molar-refractivity contribution is 6.08. The molecule has 2 aromatic heterocycles. The number of aromatic nitrogens is 3. The molecule has 0 radical (unpaired) electrons. The first-order valence-corrected chi connectivity index (χ1v) is 12.3. The summed E-state index contributed by atoms with van der Waals surface area (Å²) in [6.45, 7) is 5.81. The second kappa shape index (κ2) is 9.89. The normalized spacial score (nSPS) is 12.5. The summed E-state index contributed by atoms with van der Waals surface area (Å²) >= 11 is 0. The molecule has 0 aliphatic heterocycles. The van der Waals surface area contributed by atoms with Crippen LogP contribution < -0.4 is 10.2 Å². The number of furan rings is 1. The van der Waals surface area contributed by atoms with Crippen LogP contribution in [0.15, 0.2) is 89.5 Å². The average Bonchev–Trinajstić information content (AvgIpc) is 3.57. The number of fused-ring (bicyclic) bond motifs is 2. The molecule has 37 heavy (non-hydrogen) atoms.